The van der Waals surface area contributed by atoms with E-state index in [-0.39, 0.29) is 0 Å². The summed E-state index contributed by atoms with van der Waals surface area (Å²) in [6.07, 6.45) is 0. The summed E-state index contributed by atoms with van der Waals surface area (Å²) in [6.45, 7) is 0. The van der Waals surface area contributed by atoms with Crippen LogP contribution in [0, 0.1) is 0 Å². The molecule has 1 fully saturated rings. The molecule has 5 heteroatoms. The van der Waals surface area contributed by atoms with E-state index < -0.39 is 0 Å². The minimum Gasteiger partial charge on any atom is -0.266 e. The highest BCUT2D eigenvalue weighted by Gasteiger charge is 2.15. The van der Waals surface area contributed by atoms with E-state index in [0.717, 1.165) is 10.0 Å². The predicted octanol–water partition coefficient (Wildman–Crippen LogP) is 1.45. The van der Waals surface area contributed by atoms with E-state index >= 15 is 0 Å². The number of nitrogens with one attached hydrogen (secondary N) is 2. The number of hydrazine groups is 2. The maximum absolute atomic E-state index is 4.94. The highest BCUT2D eigenvalue weighted by molar-refractivity contribution is 8.22. The molecule has 3 nitrogen and oxygen atoms in total. The Morgan fingerprint density at radius 2 is 2.00 bits per heavy atom. The van der Waals surface area contributed by atoms with Gasteiger partial charge in [-0.25, -0.2) is 5.12 Å². The van der Waals surface area contributed by atoms with E-state index in [1.165, 1.54) is 11.9 Å². The van der Waals surface area contributed by atoms with Gasteiger partial charge in [-0.15, -0.1) is 0 Å². The number of hydrogen-bond acceptors (Lipinski definition) is 4. The van der Waals surface area contributed by atoms with Crippen LogP contribution in [0.25, 0.3) is 0 Å². The Balaban J connectivity index is 2.16. The van der Waals surface area contributed by atoms with Crippen LogP contribution in [0.4, 0.5) is 5.69 Å². The van der Waals surface area contributed by atoms with Gasteiger partial charge in [0.05, 0.1) is 5.69 Å². The van der Waals surface area contributed by atoms with Gasteiger partial charge in [-0.05, 0) is 24.4 Å². The van der Waals surface area contributed by atoms with Crippen molar-refractivity contribution in [3.8, 4) is 0 Å². The zero-order valence-electron chi connectivity index (χ0n) is 6.15. The van der Waals surface area contributed by atoms with E-state index in [1.54, 1.807) is 5.12 Å². The highest BCUT2D eigenvalue weighted by Crippen LogP contribution is 2.15. The summed E-state index contributed by atoms with van der Waals surface area (Å²) in [6, 6.07) is 9.92. The first kappa shape index (κ1) is 7.85. The van der Waals surface area contributed by atoms with Gasteiger partial charge in [0.15, 0.2) is 4.32 Å². The van der Waals surface area contributed by atoms with Crippen LogP contribution in [0.2, 0.25) is 0 Å². The van der Waals surface area contributed by atoms with Crippen molar-refractivity contribution in [3.05, 3.63) is 30.3 Å². The fraction of sp³-hybridized carbons (Fsp3) is 0. The molecule has 0 aliphatic carbocycles. The van der Waals surface area contributed by atoms with Crippen LogP contribution in [-0.4, -0.2) is 4.32 Å². The number of anilines is 1. The van der Waals surface area contributed by atoms with Crippen molar-refractivity contribution in [2.75, 3.05) is 5.12 Å². The Bertz CT molecular complexity index is 288. The van der Waals surface area contributed by atoms with Crippen LogP contribution in [0.15, 0.2) is 30.3 Å². The summed E-state index contributed by atoms with van der Waals surface area (Å²) in [5.74, 6) is 0. The predicted molar refractivity (Wildman–Crippen MR) is 55.4 cm³/mol. The van der Waals surface area contributed by atoms with Crippen molar-refractivity contribution in [1.29, 1.82) is 0 Å². The summed E-state index contributed by atoms with van der Waals surface area (Å²) >= 11 is 6.34. The average molecular weight is 197 g/mol. The van der Waals surface area contributed by atoms with E-state index in [0.29, 0.717) is 0 Å². The summed E-state index contributed by atoms with van der Waals surface area (Å²) < 4.78 is 0.735. The molecule has 0 atom stereocenters. The number of rotatable bonds is 1. The maximum Gasteiger partial charge on any atom is 0.170 e. The zero-order chi connectivity index (χ0) is 8.39. The molecule has 0 aromatic heterocycles. The molecule has 1 heterocycles. The van der Waals surface area contributed by atoms with Crippen molar-refractivity contribution in [2.24, 2.45) is 0 Å². The van der Waals surface area contributed by atoms with Crippen LogP contribution in [0.3, 0.4) is 0 Å². The first-order valence-electron chi connectivity index (χ1n) is 3.44. The Labute approximate surface area is 80.2 Å². The maximum atomic E-state index is 4.94. The number of para-hydroxylation sites is 1. The minimum absolute atomic E-state index is 0.735. The lowest BCUT2D eigenvalue weighted by molar-refractivity contribution is 0.795. The van der Waals surface area contributed by atoms with Crippen molar-refractivity contribution in [2.45, 2.75) is 0 Å². The van der Waals surface area contributed by atoms with Gasteiger partial charge < -0.3 is 0 Å². The van der Waals surface area contributed by atoms with E-state index in [2.05, 4.69) is 10.3 Å². The number of hydrogen-bond donors (Lipinski definition) is 2. The first-order valence-corrected chi connectivity index (χ1v) is 4.67. The summed E-state index contributed by atoms with van der Waals surface area (Å²) in [5.41, 5.74) is 4.03. The lowest BCUT2D eigenvalue weighted by atomic mass is 10.3. The average Bonchev–Trinajstić information content (AvgIpc) is 2.54. The third-order valence-electron chi connectivity index (χ3n) is 1.45. The minimum atomic E-state index is 0.735. The van der Waals surface area contributed by atoms with Gasteiger partial charge in [-0.3, -0.25) is 5.43 Å². The molecular weight excluding hydrogens is 190 g/mol. The van der Waals surface area contributed by atoms with Crippen molar-refractivity contribution < 1.29 is 0 Å². The topological polar surface area (TPSA) is 27.3 Å². The normalized spacial score (nSPS) is 16.3. The van der Waals surface area contributed by atoms with Crippen LogP contribution in [0.5, 0.6) is 0 Å². The van der Waals surface area contributed by atoms with Gasteiger partial charge in [0, 0.05) is 11.9 Å². The van der Waals surface area contributed by atoms with E-state index in [1.807, 2.05) is 30.3 Å². The monoisotopic (exact) mass is 197 g/mol. The molecule has 0 unspecified atom stereocenters. The Morgan fingerprint density at radius 3 is 2.58 bits per heavy atom. The summed E-state index contributed by atoms with van der Waals surface area (Å²) in [7, 11) is 0. The first-order chi connectivity index (χ1) is 5.86. The highest BCUT2D eigenvalue weighted by atomic mass is 32.2. The molecule has 0 radical (unpaired) electrons. The van der Waals surface area contributed by atoms with Crippen LogP contribution >= 0.6 is 24.2 Å². The lowest BCUT2D eigenvalue weighted by Crippen LogP contribution is -2.38. The molecule has 0 amide bonds. The molecule has 12 heavy (non-hydrogen) atoms. The third-order valence-corrected chi connectivity index (χ3v) is 2.34. The van der Waals surface area contributed by atoms with Gasteiger partial charge in [-0.1, -0.05) is 18.2 Å². The molecule has 1 saturated heterocycles. The molecule has 1 aliphatic heterocycles. The second-order valence-electron chi connectivity index (χ2n) is 2.26. The smallest absolute Gasteiger partial charge is 0.170 e. The number of thiocarbonyl (C=S) groups is 1. The Hall–Kier alpha value is -0.780. The van der Waals surface area contributed by atoms with Gasteiger partial charge >= 0.3 is 0 Å². The number of nitrogens with zero attached hydrogens (tertiary/aromatic N) is 1. The summed E-state index contributed by atoms with van der Waals surface area (Å²) in [5, 5.41) is 1.78. The number of benzene rings is 1. The van der Waals surface area contributed by atoms with Crippen molar-refractivity contribution >= 4 is 34.2 Å². The van der Waals surface area contributed by atoms with Crippen LogP contribution in [-0.2, 0) is 0 Å². The van der Waals surface area contributed by atoms with Gasteiger partial charge in [0.2, 0.25) is 0 Å². The second kappa shape index (κ2) is 3.30. The van der Waals surface area contributed by atoms with Gasteiger partial charge in [0.1, 0.15) is 0 Å². The van der Waals surface area contributed by atoms with Crippen molar-refractivity contribution in [1.82, 2.24) is 10.3 Å². The van der Waals surface area contributed by atoms with Gasteiger partial charge in [0.25, 0.3) is 0 Å². The third kappa shape index (κ3) is 1.52. The molecule has 2 rings (SSSR count). The molecule has 1 aliphatic rings. The van der Waals surface area contributed by atoms with E-state index in [9.17, 15) is 0 Å². The quantitative estimate of drug-likeness (QED) is 0.525. The molecule has 1 aromatic rings. The van der Waals surface area contributed by atoms with E-state index in [4.69, 9.17) is 12.2 Å². The standard InChI is InChI=1S/C7H7N3S2/c11-7-8-10(9-12-7)6-4-2-1-3-5-6/h1-5,9H,(H,8,11). The fourth-order valence-electron chi connectivity index (χ4n) is 0.918. The Kier molecular flexibility index (Phi) is 2.16. The molecule has 0 saturated carbocycles. The lowest BCUT2D eigenvalue weighted by Gasteiger charge is -2.15. The zero-order valence-corrected chi connectivity index (χ0v) is 7.78. The van der Waals surface area contributed by atoms with Crippen molar-refractivity contribution in [3.63, 3.8) is 0 Å². The molecule has 0 bridgehead atoms. The fourth-order valence-corrected chi connectivity index (χ4v) is 1.58. The molecule has 2 N–H and O–H groups in total. The summed E-state index contributed by atoms with van der Waals surface area (Å²) in [4.78, 5) is 3.02. The molecular formula is C7H7N3S2. The van der Waals surface area contributed by atoms with Crippen LogP contribution in [0.1, 0.15) is 0 Å². The van der Waals surface area contributed by atoms with Gasteiger partial charge in [-0.2, -0.15) is 4.83 Å². The molecule has 62 valence electrons. The molecule has 0 spiro atoms. The molecule has 1 aromatic carbocycles. The Morgan fingerprint density at radius 1 is 1.25 bits per heavy atom. The largest absolute Gasteiger partial charge is 0.266 e. The second-order valence-corrected chi connectivity index (χ2v) is 3.73. The van der Waals surface area contributed by atoms with Crippen LogP contribution < -0.4 is 15.4 Å². The SMILES string of the molecule is S=C1NN(c2ccccc2)NS1.